The summed E-state index contributed by atoms with van der Waals surface area (Å²) in [7, 11) is 1.92. The Hall–Kier alpha value is -2.34. The van der Waals surface area contributed by atoms with Crippen molar-refractivity contribution in [3.05, 3.63) is 30.2 Å². The van der Waals surface area contributed by atoms with E-state index in [4.69, 9.17) is 10.5 Å². The predicted molar refractivity (Wildman–Crippen MR) is 70.7 cm³/mol. The van der Waals surface area contributed by atoms with Gasteiger partial charge in [-0.2, -0.15) is 0 Å². The van der Waals surface area contributed by atoms with E-state index in [0.717, 1.165) is 17.1 Å². The van der Waals surface area contributed by atoms with Gasteiger partial charge in [0.1, 0.15) is 11.6 Å². The molecule has 6 heteroatoms. The number of anilines is 1. The minimum Gasteiger partial charge on any atom is -0.482 e. The Labute approximate surface area is 110 Å². The van der Waals surface area contributed by atoms with Crippen LogP contribution in [-0.2, 0) is 18.4 Å². The fraction of sp³-hybridized carbons (Fsp3) is 0.231. The van der Waals surface area contributed by atoms with Crippen molar-refractivity contribution in [1.82, 2.24) is 9.55 Å². The van der Waals surface area contributed by atoms with Crippen molar-refractivity contribution in [3.63, 3.8) is 0 Å². The third kappa shape index (κ3) is 1.96. The van der Waals surface area contributed by atoms with Gasteiger partial charge in [-0.05, 0) is 18.2 Å². The van der Waals surface area contributed by atoms with Gasteiger partial charge in [0.2, 0.25) is 0 Å². The average molecular weight is 258 g/mol. The molecule has 3 rings (SSSR count). The number of nitrogens with two attached hydrogens (primary N) is 1. The van der Waals surface area contributed by atoms with Crippen molar-refractivity contribution < 1.29 is 9.53 Å². The molecule has 2 heterocycles. The molecule has 0 fully saturated rings. The van der Waals surface area contributed by atoms with Gasteiger partial charge in [-0.3, -0.25) is 4.79 Å². The number of amides is 1. The molecule has 0 aliphatic carbocycles. The lowest BCUT2D eigenvalue weighted by Crippen LogP contribution is -2.25. The zero-order valence-electron chi connectivity index (χ0n) is 10.5. The minimum absolute atomic E-state index is 0.0649. The normalized spacial score (nSPS) is 13.7. The van der Waals surface area contributed by atoms with Gasteiger partial charge in [0, 0.05) is 12.6 Å². The quantitative estimate of drug-likeness (QED) is 0.837. The van der Waals surface area contributed by atoms with Gasteiger partial charge in [0.05, 0.1) is 24.1 Å². The maximum atomic E-state index is 11.3. The lowest BCUT2D eigenvalue weighted by atomic mass is 10.1. The number of nitrogens with one attached hydrogen (secondary N) is 1. The fourth-order valence-electron chi connectivity index (χ4n) is 2.15. The van der Waals surface area contributed by atoms with Crippen molar-refractivity contribution in [2.75, 3.05) is 11.9 Å². The number of rotatable bonds is 2. The van der Waals surface area contributed by atoms with E-state index in [9.17, 15) is 4.79 Å². The van der Waals surface area contributed by atoms with E-state index in [1.165, 1.54) is 0 Å². The molecule has 1 aromatic carbocycles. The van der Waals surface area contributed by atoms with Crippen LogP contribution in [0.4, 0.5) is 5.69 Å². The Morgan fingerprint density at radius 3 is 3.11 bits per heavy atom. The summed E-state index contributed by atoms with van der Waals surface area (Å²) in [6, 6.07) is 5.66. The van der Waals surface area contributed by atoms with E-state index in [1.54, 1.807) is 6.20 Å². The van der Waals surface area contributed by atoms with Gasteiger partial charge < -0.3 is 20.4 Å². The van der Waals surface area contributed by atoms with Crippen LogP contribution < -0.4 is 15.8 Å². The van der Waals surface area contributed by atoms with Gasteiger partial charge in [0.15, 0.2) is 6.61 Å². The highest BCUT2D eigenvalue weighted by Crippen LogP contribution is 2.32. The SMILES string of the molecule is Cn1c(-c2ccc3c(c2)NC(=O)CO3)cnc1CN. The van der Waals surface area contributed by atoms with Crippen LogP contribution in [0.25, 0.3) is 11.3 Å². The van der Waals surface area contributed by atoms with Gasteiger partial charge in [-0.15, -0.1) is 0 Å². The second-order valence-corrected chi connectivity index (χ2v) is 4.37. The number of benzene rings is 1. The van der Waals surface area contributed by atoms with Gasteiger partial charge in [0.25, 0.3) is 5.91 Å². The van der Waals surface area contributed by atoms with Crippen molar-refractivity contribution >= 4 is 11.6 Å². The van der Waals surface area contributed by atoms with E-state index in [1.807, 2.05) is 29.8 Å². The maximum Gasteiger partial charge on any atom is 0.262 e. The van der Waals surface area contributed by atoms with E-state index < -0.39 is 0 Å². The van der Waals surface area contributed by atoms with Gasteiger partial charge in [-0.25, -0.2) is 4.98 Å². The molecule has 0 saturated carbocycles. The number of ether oxygens (including phenoxy) is 1. The summed E-state index contributed by atoms with van der Waals surface area (Å²) < 4.78 is 7.27. The van der Waals surface area contributed by atoms with E-state index in [2.05, 4.69) is 10.3 Å². The van der Waals surface area contributed by atoms with Gasteiger partial charge >= 0.3 is 0 Å². The number of carbonyl (C=O) groups is 1. The number of hydrogen-bond acceptors (Lipinski definition) is 4. The first-order chi connectivity index (χ1) is 9.19. The van der Waals surface area contributed by atoms with Crippen molar-refractivity contribution in [2.45, 2.75) is 6.54 Å². The first-order valence-corrected chi connectivity index (χ1v) is 5.97. The second kappa shape index (κ2) is 4.40. The molecular formula is C13H14N4O2. The van der Waals surface area contributed by atoms with E-state index in [-0.39, 0.29) is 12.5 Å². The molecule has 0 bridgehead atoms. The molecule has 1 aromatic heterocycles. The van der Waals surface area contributed by atoms with Crippen LogP contribution in [0, 0.1) is 0 Å². The maximum absolute atomic E-state index is 11.3. The Bertz CT molecular complexity index is 648. The van der Waals surface area contributed by atoms with Crippen LogP contribution in [0.3, 0.4) is 0 Å². The Morgan fingerprint density at radius 1 is 1.53 bits per heavy atom. The number of nitrogens with zero attached hydrogens (tertiary/aromatic N) is 2. The number of hydrogen-bond donors (Lipinski definition) is 2. The first-order valence-electron chi connectivity index (χ1n) is 5.97. The molecule has 1 amide bonds. The van der Waals surface area contributed by atoms with Gasteiger partial charge in [-0.1, -0.05) is 0 Å². The summed E-state index contributed by atoms with van der Waals surface area (Å²) in [5.41, 5.74) is 8.20. The minimum atomic E-state index is -0.141. The van der Waals surface area contributed by atoms with Crippen LogP contribution >= 0.6 is 0 Å². The largest absolute Gasteiger partial charge is 0.482 e. The van der Waals surface area contributed by atoms with Crippen LogP contribution in [0.1, 0.15) is 5.82 Å². The van der Waals surface area contributed by atoms with Crippen LogP contribution in [0.5, 0.6) is 5.75 Å². The lowest BCUT2D eigenvalue weighted by Gasteiger charge is -2.18. The monoisotopic (exact) mass is 258 g/mol. The highest BCUT2D eigenvalue weighted by Gasteiger charge is 2.17. The average Bonchev–Trinajstić information content (AvgIpc) is 2.79. The Morgan fingerprint density at radius 2 is 2.37 bits per heavy atom. The summed E-state index contributed by atoms with van der Waals surface area (Å²) in [5.74, 6) is 1.36. The number of aromatic nitrogens is 2. The summed E-state index contributed by atoms with van der Waals surface area (Å²) >= 11 is 0. The molecule has 6 nitrogen and oxygen atoms in total. The molecule has 2 aromatic rings. The molecule has 1 aliphatic heterocycles. The van der Waals surface area contributed by atoms with Crippen molar-refractivity contribution in [2.24, 2.45) is 12.8 Å². The highest BCUT2D eigenvalue weighted by atomic mass is 16.5. The molecule has 0 atom stereocenters. The number of imidazole rings is 1. The zero-order chi connectivity index (χ0) is 13.4. The van der Waals surface area contributed by atoms with E-state index >= 15 is 0 Å². The molecule has 0 spiro atoms. The van der Waals surface area contributed by atoms with Crippen molar-refractivity contribution in [1.29, 1.82) is 0 Å². The third-order valence-electron chi connectivity index (χ3n) is 3.18. The number of carbonyl (C=O) groups excluding carboxylic acids is 1. The van der Waals surface area contributed by atoms with Crippen LogP contribution in [0.2, 0.25) is 0 Å². The summed E-state index contributed by atoms with van der Waals surface area (Å²) in [5, 5.41) is 2.79. The summed E-state index contributed by atoms with van der Waals surface area (Å²) in [6.07, 6.45) is 1.77. The Kier molecular flexibility index (Phi) is 2.72. The molecule has 0 radical (unpaired) electrons. The van der Waals surface area contributed by atoms with Crippen molar-refractivity contribution in [3.8, 4) is 17.0 Å². The molecule has 1 aliphatic rings. The zero-order valence-corrected chi connectivity index (χ0v) is 10.5. The standard InChI is InChI=1S/C13H14N4O2/c1-17-10(6-15-12(17)5-14)8-2-3-11-9(4-8)16-13(18)7-19-11/h2-4,6H,5,7,14H2,1H3,(H,16,18). The Balaban J connectivity index is 2.04. The molecule has 0 unspecified atom stereocenters. The smallest absolute Gasteiger partial charge is 0.262 e. The number of fused-ring (bicyclic) bond motifs is 1. The molecular weight excluding hydrogens is 244 g/mol. The molecule has 19 heavy (non-hydrogen) atoms. The topological polar surface area (TPSA) is 82.2 Å². The molecule has 98 valence electrons. The van der Waals surface area contributed by atoms with Crippen LogP contribution in [-0.4, -0.2) is 22.1 Å². The lowest BCUT2D eigenvalue weighted by molar-refractivity contribution is -0.118. The van der Waals surface area contributed by atoms with Crippen LogP contribution in [0.15, 0.2) is 24.4 Å². The molecule has 3 N–H and O–H groups in total. The molecule has 0 saturated heterocycles. The highest BCUT2D eigenvalue weighted by molar-refractivity contribution is 5.96. The fourth-order valence-corrected chi connectivity index (χ4v) is 2.15. The summed E-state index contributed by atoms with van der Waals surface area (Å²) in [4.78, 5) is 15.6. The van der Waals surface area contributed by atoms with E-state index in [0.29, 0.717) is 18.0 Å². The second-order valence-electron chi connectivity index (χ2n) is 4.37. The third-order valence-corrected chi connectivity index (χ3v) is 3.18. The first kappa shape index (κ1) is 11.7. The predicted octanol–water partition coefficient (Wildman–Crippen LogP) is 0.877. The summed E-state index contributed by atoms with van der Waals surface area (Å²) in [6.45, 7) is 0.455.